The molecule has 0 radical (unpaired) electrons. The largest absolute Gasteiger partial charge is 0.275 e. The topological polar surface area (TPSA) is 38.1 Å². The highest BCUT2D eigenvalue weighted by molar-refractivity contribution is 7.16. The molecule has 0 amide bonds. The maximum atomic E-state index is 5.07. The molecule has 0 saturated carbocycles. The van der Waals surface area contributed by atoms with Crippen LogP contribution in [0.4, 0.5) is 0 Å². The minimum atomic E-state index is -0.179. The fourth-order valence-corrected chi connectivity index (χ4v) is 4.60. The first kappa shape index (κ1) is 14.0. The third-order valence-corrected chi connectivity index (χ3v) is 6.67. The minimum absolute atomic E-state index is 0.00570. The molecule has 0 spiro atoms. The lowest BCUT2D eigenvalue weighted by Gasteiger charge is -2.42. The Morgan fingerprint density at radius 1 is 0.955 bits per heavy atom. The van der Waals surface area contributed by atoms with E-state index >= 15 is 0 Å². The summed E-state index contributed by atoms with van der Waals surface area (Å²) in [5.41, 5.74) is 3.04. The normalized spacial score (nSPS) is 19.0. The first-order valence-corrected chi connectivity index (χ1v) is 9.05. The van der Waals surface area contributed by atoms with Crippen LogP contribution in [0.3, 0.4) is 0 Å². The number of aliphatic imine (C=N–C) groups is 1. The van der Waals surface area contributed by atoms with Crippen LogP contribution in [-0.4, -0.2) is 21.4 Å². The van der Waals surface area contributed by atoms with Gasteiger partial charge in [-0.15, -0.1) is 32.9 Å². The molecule has 0 saturated heterocycles. The molecule has 3 nitrogen and oxygen atoms in total. The number of thiophene rings is 2. The van der Waals surface area contributed by atoms with Crippen LogP contribution >= 0.6 is 22.7 Å². The summed E-state index contributed by atoms with van der Waals surface area (Å²) >= 11 is 3.36. The number of hydrogen-bond donors (Lipinski definition) is 0. The molecule has 0 atom stereocenters. The SMILES string of the molecule is CC1(C)N=C(c2cc3ccsc3nn2)c2sccc2C1(C)C. The summed E-state index contributed by atoms with van der Waals surface area (Å²) in [4.78, 5) is 7.28. The van der Waals surface area contributed by atoms with Crippen molar-refractivity contribution in [1.29, 1.82) is 0 Å². The molecule has 1 aliphatic rings. The molecule has 112 valence electrons. The molecule has 0 fully saturated rings. The van der Waals surface area contributed by atoms with E-state index in [1.165, 1.54) is 10.4 Å². The lowest BCUT2D eigenvalue weighted by atomic mass is 9.68. The van der Waals surface area contributed by atoms with E-state index in [1.54, 1.807) is 22.7 Å². The summed E-state index contributed by atoms with van der Waals surface area (Å²) in [5.74, 6) is 0. The van der Waals surface area contributed by atoms with Gasteiger partial charge < -0.3 is 0 Å². The van der Waals surface area contributed by atoms with Gasteiger partial charge in [-0.1, -0.05) is 13.8 Å². The van der Waals surface area contributed by atoms with E-state index in [9.17, 15) is 0 Å². The maximum absolute atomic E-state index is 5.07. The van der Waals surface area contributed by atoms with Crippen LogP contribution < -0.4 is 0 Å². The quantitative estimate of drug-likeness (QED) is 0.652. The van der Waals surface area contributed by atoms with Crippen molar-refractivity contribution in [2.24, 2.45) is 4.99 Å². The Balaban J connectivity index is 1.96. The molecular formula is C17H17N3S2. The van der Waals surface area contributed by atoms with Gasteiger partial charge in [0, 0.05) is 10.8 Å². The summed E-state index contributed by atoms with van der Waals surface area (Å²) in [5, 5.41) is 14.1. The monoisotopic (exact) mass is 327 g/mol. The highest BCUT2D eigenvalue weighted by Gasteiger charge is 2.44. The van der Waals surface area contributed by atoms with Gasteiger partial charge in [0.2, 0.25) is 0 Å². The molecule has 0 unspecified atom stereocenters. The van der Waals surface area contributed by atoms with E-state index in [4.69, 9.17) is 4.99 Å². The van der Waals surface area contributed by atoms with Crippen LogP contribution in [0.25, 0.3) is 10.2 Å². The molecule has 5 heteroatoms. The fourth-order valence-electron chi connectivity index (χ4n) is 2.85. The molecular weight excluding hydrogens is 310 g/mol. The second kappa shape index (κ2) is 4.46. The van der Waals surface area contributed by atoms with E-state index in [2.05, 4.69) is 66.9 Å². The van der Waals surface area contributed by atoms with Gasteiger partial charge in [-0.25, -0.2) is 0 Å². The molecule has 3 aromatic rings. The molecule has 3 aromatic heterocycles. The standard InChI is InChI=1S/C17H17N3S2/c1-16(2)11-6-8-21-14(11)13(18-17(16,3)4)12-9-10-5-7-22-15(10)20-19-12/h5-9H,1-4H3. The van der Waals surface area contributed by atoms with Gasteiger partial charge in [-0.2, -0.15) is 0 Å². The molecule has 1 aliphatic heterocycles. The van der Waals surface area contributed by atoms with Gasteiger partial charge in [0.25, 0.3) is 0 Å². The molecule has 0 N–H and O–H groups in total. The van der Waals surface area contributed by atoms with Crippen LogP contribution in [0.1, 0.15) is 43.8 Å². The number of nitrogens with zero attached hydrogens (tertiary/aromatic N) is 3. The smallest absolute Gasteiger partial charge is 0.146 e. The second-order valence-electron chi connectivity index (χ2n) is 6.72. The van der Waals surface area contributed by atoms with Gasteiger partial charge >= 0.3 is 0 Å². The molecule has 0 aromatic carbocycles. The third kappa shape index (κ3) is 1.82. The second-order valence-corrected chi connectivity index (χ2v) is 8.53. The zero-order valence-corrected chi connectivity index (χ0v) is 14.7. The molecule has 0 bridgehead atoms. The Morgan fingerprint density at radius 2 is 1.73 bits per heavy atom. The van der Waals surface area contributed by atoms with Crippen LogP contribution in [0, 0.1) is 0 Å². The Labute approximate surface area is 137 Å². The van der Waals surface area contributed by atoms with Crippen molar-refractivity contribution in [3.05, 3.63) is 45.1 Å². The number of fused-ring (bicyclic) bond motifs is 2. The van der Waals surface area contributed by atoms with Gasteiger partial charge in [0.05, 0.1) is 10.4 Å². The first-order chi connectivity index (χ1) is 10.4. The summed E-state index contributed by atoms with van der Waals surface area (Å²) in [6.07, 6.45) is 0. The van der Waals surface area contributed by atoms with E-state index in [-0.39, 0.29) is 11.0 Å². The van der Waals surface area contributed by atoms with E-state index in [0.717, 1.165) is 21.6 Å². The van der Waals surface area contributed by atoms with Gasteiger partial charge in [-0.3, -0.25) is 4.99 Å². The number of rotatable bonds is 1. The minimum Gasteiger partial charge on any atom is -0.275 e. The summed E-state index contributed by atoms with van der Waals surface area (Å²) in [6.45, 7) is 8.94. The van der Waals surface area contributed by atoms with Gasteiger partial charge in [0.15, 0.2) is 0 Å². The van der Waals surface area contributed by atoms with Crippen LogP contribution in [0.5, 0.6) is 0 Å². The third-order valence-electron chi connectivity index (χ3n) is 4.93. The Bertz CT molecular complexity index is 899. The lowest BCUT2D eigenvalue weighted by molar-refractivity contribution is 0.305. The molecule has 4 rings (SSSR count). The Morgan fingerprint density at radius 3 is 2.55 bits per heavy atom. The summed E-state index contributed by atoms with van der Waals surface area (Å²) < 4.78 is 0. The van der Waals surface area contributed by atoms with Crippen molar-refractivity contribution in [2.45, 2.75) is 38.6 Å². The number of hydrogen-bond acceptors (Lipinski definition) is 5. The predicted molar refractivity (Wildman–Crippen MR) is 94.5 cm³/mol. The van der Waals surface area contributed by atoms with Crippen molar-refractivity contribution in [3.63, 3.8) is 0 Å². The van der Waals surface area contributed by atoms with Crippen LogP contribution in [-0.2, 0) is 5.41 Å². The average molecular weight is 327 g/mol. The van der Waals surface area contributed by atoms with Crippen LogP contribution in [0.15, 0.2) is 34.0 Å². The van der Waals surface area contributed by atoms with Crippen molar-refractivity contribution in [1.82, 2.24) is 10.2 Å². The van der Waals surface area contributed by atoms with E-state index < -0.39 is 0 Å². The molecule has 22 heavy (non-hydrogen) atoms. The highest BCUT2D eigenvalue weighted by Crippen LogP contribution is 2.45. The number of aromatic nitrogens is 2. The van der Waals surface area contributed by atoms with E-state index in [0.29, 0.717) is 0 Å². The Hall–Kier alpha value is -1.59. The maximum Gasteiger partial charge on any atom is 0.146 e. The van der Waals surface area contributed by atoms with Crippen LogP contribution in [0.2, 0.25) is 0 Å². The average Bonchev–Trinajstić information content (AvgIpc) is 3.11. The summed E-state index contributed by atoms with van der Waals surface area (Å²) in [7, 11) is 0. The van der Waals surface area contributed by atoms with Gasteiger partial charge in [-0.05, 0) is 48.4 Å². The van der Waals surface area contributed by atoms with Gasteiger partial charge in [0.1, 0.15) is 16.2 Å². The fraction of sp³-hybridized carbons (Fsp3) is 0.353. The summed E-state index contributed by atoms with van der Waals surface area (Å²) in [6, 6.07) is 6.43. The van der Waals surface area contributed by atoms with E-state index in [1.807, 2.05) is 0 Å². The van der Waals surface area contributed by atoms with Crippen molar-refractivity contribution in [2.75, 3.05) is 0 Å². The molecule has 0 aliphatic carbocycles. The van der Waals surface area contributed by atoms with Crippen molar-refractivity contribution >= 4 is 38.6 Å². The Kier molecular flexibility index (Phi) is 2.84. The molecule has 4 heterocycles. The highest BCUT2D eigenvalue weighted by atomic mass is 32.1. The predicted octanol–water partition coefficient (Wildman–Crippen LogP) is 4.66. The zero-order chi connectivity index (χ0) is 15.5. The first-order valence-electron chi connectivity index (χ1n) is 7.30. The lowest BCUT2D eigenvalue weighted by Crippen LogP contribution is -2.45. The van der Waals surface area contributed by atoms with Crippen molar-refractivity contribution < 1.29 is 0 Å². The van der Waals surface area contributed by atoms with Crippen molar-refractivity contribution in [3.8, 4) is 0 Å². The zero-order valence-electron chi connectivity index (χ0n) is 13.0.